The van der Waals surface area contributed by atoms with E-state index < -0.39 is 0 Å². The van der Waals surface area contributed by atoms with Crippen LogP contribution in [0.1, 0.15) is 20.8 Å². The summed E-state index contributed by atoms with van der Waals surface area (Å²) < 4.78 is 7.24. The third-order valence-corrected chi connectivity index (χ3v) is 2.86. The third-order valence-electron chi connectivity index (χ3n) is 2.86. The van der Waals surface area contributed by atoms with E-state index in [1.165, 1.54) is 0 Å². The maximum absolute atomic E-state index is 5.48. The molecule has 18 heavy (non-hydrogen) atoms. The lowest BCUT2D eigenvalue weighted by Gasteiger charge is -2.20. The molecule has 5 heteroatoms. The van der Waals surface area contributed by atoms with Crippen LogP contribution in [-0.2, 0) is 4.74 Å². The van der Waals surface area contributed by atoms with Gasteiger partial charge in [-0.15, -0.1) is 5.10 Å². The van der Waals surface area contributed by atoms with Gasteiger partial charge in [0.1, 0.15) is 0 Å². The smallest absolute Gasteiger partial charge is 0.243 e. The number of nitrogens with zero attached hydrogens (tertiary/aromatic N) is 3. The van der Waals surface area contributed by atoms with Crippen molar-refractivity contribution < 1.29 is 4.74 Å². The SMILES string of the molecule is CCOCC(Nc1nc2ccccn2n1)C(C)C. The lowest BCUT2D eigenvalue weighted by Crippen LogP contribution is -2.31. The van der Waals surface area contributed by atoms with Crippen molar-refractivity contribution in [2.45, 2.75) is 26.8 Å². The molecule has 0 amide bonds. The quantitative estimate of drug-likeness (QED) is 0.851. The third kappa shape index (κ3) is 2.98. The first-order valence-corrected chi connectivity index (χ1v) is 6.36. The molecule has 2 aromatic heterocycles. The van der Waals surface area contributed by atoms with Crippen LogP contribution in [0.2, 0.25) is 0 Å². The van der Waals surface area contributed by atoms with Crippen LogP contribution < -0.4 is 5.32 Å². The molecule has 0 saturated heterocycles. The molecular formula is C13H20N4O. The summed E-state index contributed by atoms with van der Waals surface area (Å²) in [5, 5.41) is 7.72. The Hall–Kier alpha value is -1.62. The summed E-state index contributed by atoms with van der Waals surface area (Å²) in [6, 6.07) is 6.05. The molecule has 0 aliphatic carbocycles. The molecule has 98 valence electrons. The molecule has 0 aliphatic rings. The Kier molecular flexibility index (Phi) is 4.15. The van der Waals surface area contributed by atoms with Crippen LogP contribution >= 0.6 is 0 Å². The summed E-state index contributed by atoms with van der Waals surface area (Å²) in [5.41, 5.74) is 0.846. The Morgan fingerprint density at radius 2 is 2.22 bits per heavy atom. The molecule has 0 radical (unpaired) electrons. The standard InChI is InChI=1S/C13H20N4O/c1-4-18-9-11(10(2)3)14-13-15-12-7-5-6-8-17(12)16-13/h5-8,10-11H,4,9H2,1-3H3,(H,14,16). The Balaban J connectivity index is 2.10. The van der Waals surface area contributed by atoms with Gasteiger partial charge in [0.25, 0.3) is 0 Å². The molecule has 0 spiro atoms. The second-order valence-corrected chi connectivity index (χ2v) is 4.59. The van der Waals surface area contributed by atoms with Crippen LogP contribution in [0, 0.1) is 5.92 Å². The number of pyridine rings is 1. The Morgan fingerprint density at radius 3 is 2.89 bits per heavy atom. The lowest BCUT2D eigenvalue weighted by molar-refractivity contribution is 0.126. The van der Waals surface area contributed by atoms with E-state index in [1.54, 1.807) is 4.52 Å². The van der Waals surface area contributed by atoms with Gasteiger partial charge in [0, 0.05) is 12.8 Å². The topological polar surface area (TPSA) is 51.5 Å². The summed E-state index contributed by atoms with van der Waals surface area (Å²) >= 11 is 0. The van der Waals surface area contributed by atoms with Crippen LogP contribution in [0.25, 0.3) is 5.65 Å². The zero-order chi connectivity index (χ0) is 13.0. The summed E-state index contributed by atoms with van der Waals surface area (Å²) in [6.07, 6.45) is 1.89. The average molecular weight is 248 g/mol. The van der Waals surface area contributed by atoms with Crippen molar-refractivity contribution in [3.05, 3.63) is 24.4 Å². The fraction of sp³-hybridized carbons (Fsp3) is 0.538. The van der Waals surface area contributed by atoms with Crippen molar-refractivity contribution in [3.63, 3.8) is 0 Å². The Morgan fingerprint density at radius 1 is 1.39 bits per heavy atom. The highest BCUT2D eigenvalue weighted by Gasteiger charge is 2.15. The monoisotopic (exact) mass is 248 g/mol. The van der Waals surface area contributed by atoms with Crippen molar-refractivity contribution in [3.8, 4) is 0 Å². The lowest BCUT2D eigenvalue weighted by atomic mass is 10.1. The minimum atomic E-state index is 0.224. The highest BCUT2D eigenvalue weighted by molar-refractivity contribution is 5.43. The van der Waals surface area contributed by atoms with Crippen LogP contribution in [0.15, 0.2) is 24.4 Å². The van der Waals surface area contributed by atoms with Crippen LogP contribution in [0.5, 0.6) is 0 Å². The Labute approximate surface area is 107 Å². The van der Waals surface area contributed by atoms with Crippen LogP contribution in [0.3, 0.4) is 0 Å². The average Bonchev–Trinajstić information content (AvgIpc) is 2.76. The van der Waals surface area contributed by atoms with Crippen molar-refractivity contribution in [1.82, 2.24) is 14.6 Å². The molecule has 2 rings (SSSR count). The fourth-order valence-corrected chi connectivity index (χ4v) is 1.70. The van der Waals surface area contributed by atoms with Gasteiger partial charge in [0.2, 0.25) is 5.95 Å². The van der Waals surface area contributed by atoms with E-state index in [0.29, 0.717) is 18.5 Å². The van der Waals surface area contributed by atoms with Gasteiger partial charge < -0.3 is 10.1 Å². The van der Waals surface area contributed by atoms with E-state index in [9.17, 15) is 0 Å². The first-order chi connectivity index (χ1) is 8.70. The number of anilines is 1. The first kappa shape index (κ1) is 12.8. The first-order valence-electron chi connectivity index (χ1n) is 6.36. The maximum atomic E-state index is 5.48. The molecule has 5 nitrogen and oxygen atoms in total. The van der Waals surface area contributed by atoms with Crippen molar-refractivity contribution in [1.29, 1.82) is 0 Å². The molecule has 0 saturated carbocycles. The number of rotatable bonds is 6. The highest BCUT2D eigenvalue weighted by atomic mass is 16.5. The number of aromatic nitrogens is 3. The van der Waals surface area contributed by atoms with Crippen molar-refractivity contribution in [2.24, 2.45) is 5.92 Å². The predicted molar refractivity (Wildman–Crippen MR) is 71.7 cm³/mol. The molecule has 0 aromatic carbocycles. The number of hydrogen-bond donors (Lipinski definition) is 1. The summed E-state index contributed by atoms with van der Waals surface area (Å²) in [6.45, 7) is 7.72. The van der Waals surface area contributed by atoms with Gasteiger partial charge >= 0.3 is 0 Å². The van der Waals surface area contributed by atoms with E-state index in [2.05, 4.69) is 29.2 Å². The van der Waals surface area contributed by atoms with Gasteiger partial charge in [0.05, 0.1) is 12.6 Å². The van der Waals surface area contributed by atoms with E-state index in [-0.39, 0.29) is 6.04 Å². The summed E-state index contributed by atoms with van der Waals surface area (Å²) in [5.74, 6) is 1.11. The van der Waals surface area contributed by atoms with Crippen LogP contribution in [-0.4, -0.2) is 33.9 Å². The molecule has 2 aromatic rings. The van der Waals surface area contributed by atoms with Gasteiger partial charge in [-0.1, -0.05) is 19.9 Å². The second-order valence-electron chi connectivity index (χ2n) is 4.59. The van der Waals surface area contributed by atoms with E-state index in [1.807, 2.05) is 31.3 Å². The van der Waals surface area contributed by atoms with Gasteiger partial charge in [0.15, 0.2) is 5.65 Å². The zero-order valence-electron chi connectivity index (χ0n) is 11.1. The number of ether oxygens (including phenoxy) is 1. The largest absolute Gasteiger partial charge is 0.380 e. The highest BCUT2D eigenvalue weighted by Crippen LogP contribution is 2.11. The molecule has 0 aliphatic heterocycles. The summed E-state index contributed by atoms with van der Waals surface area (Å²) in [4.78, 5) is 4.43. The number of fused-ring (bicyclic) bond motifs is 1. The molecule has 1 unspecified atom stereocenters. The van der Waals surface area contributed by atoms with Gasteiger partial charge in [-0.25, -0.2) is 4.52 Å². The molecule has 2 heterocycles. The minimum absolute atomic E-state index is 0.224. The van der Waals surface area contributed by atoms with Crippen molar-refractivity contribution in [2.75, 3.05) is 18.5 Å². The molecular weight excluding hydrogens is 228 g/mol. The van der Waals surface area contributed by atoms with E-state index in [0.717, 1.165) is 12.3 Å². The minimum Gasteiger partial charge on any atom is -0.380 e. The molecule has 0 fully saturated rings. The number of hydrogen-bond acceptors (Lipinski definition) is 4. The molecule has 1 N–H and O–H groups in total. The normalized spacial score (nSPS) is 13.1. The van der Waals surface area contributed by atoms with E-state index in [4.69, 9.17) is 4.74 Å². The zero-order valence-corrected chi connectivity index (χ0v) is 11.1. The maximum Gasteiger partial charge on any atom is 0.243 e. The summed E-state index contributed by atoms with van der Waals surface area (Å²) in [7, 11) is 0. The Bertz CT molecular complexity index is 461. The van der Waals surface area contributed by atoms with Gasteiger partial charge in [-0.2, -0.15) is 4.98 Å². The van der Waals surface area contributed by atoms with E-state index >= 15 is 0 Å². The molecule has 1 atom stereocenters. The fourth-order valence-electron chi connectivity index (χ4n) is 1.70. The van der Waals surface area contributed by atoms with Gasteiger partial charge in [-0.3, -0.25) is 0 Å². The van der Waals surface area contributed by atoms with Crippen molar-refractivity contribution >= 4 is 11.6 Å². The molecule has 0 bridgehead atoms. The predicted octanol–water partition coefficient (Wildman–Crippen LogP) is 2.20. The second kappa shape index (κ2) is 5.82. The van der Waals surface area contributed by atoms with Crippen LogP contribution in [0.4, 0.5) is 5.95 Å². The number of nitrogens with one attached hydrogen (secondary N) is 1. The van der Waals surface area contributed by atoms with Gasteiger partial charge in [-0.05, 0) is 25.0 Å².